The van der Waals surface area contributed by atoms with Crippen molar-refractivity contribution in [3.8, 4) is 6.07 Å². The zero-order valence-corrected chi connectivity index (χ0v) is 12.2. The fraction of sp³-hybridized carbons (Fsp3) is 0.0625. The number of halogens is 1. The predicted octanol–water partition coefficient (Wildman–Crippen LogP) is 3.44. The molecule has 2 aromatic carbocycles. The third kappa shape index (κ3) is 4.33. The molecule has 6 heteroatoms. The molecule has 0 aliphatic carbocycles. The highest BCUT2D eigenvalue weighted by molar-refractivity contribution is 6.30. The van der Waals surface area contributed by atoms with Gasteiger partial charge in [0.25, 0.3) is 5.91 Å². The number of carbonyl (C=O) groups is 2. The molecule has 0 radical (unpaired) electrons. The second kappa shape index (κ2) is 7.25. The van der Waals surface area contributed by atoms with Crippen LogP contribution in [0.3, 0.4) is 0 Å². The molecule has 0 aromatic heterocycles. The summed E-state index contributed by atoms with van der Waals surface area (Å²) in [6.07, 6.45) is -0.221. The zero-order chi connectivity index (χ0) is 15.9. The van der Waals surface area contributed by atoms with E-state index in [0.717, 1.165) is 0 Å². The Labute approximate surface area is 132 Å². The van der Waals surface area contributed by atoms with Crippen molar-refractivity contribution in [1.29, 1.82) is 5.26 Å². The van der Waals surface area contributed by atoms with Gasteiger partial charge in [0.15, 0.2) is 0 Å². The van der Waals surface area contributed by atoms with Crippen LogP contribution in [0.5, 0.6) is 0 Å². The topological polar surface area (TPSA) is 82.0 Å². The van der Waals surface area contributed by atoms with Gasteiger partial charge in [0.05, 0.1) is 6.07 Å². The van der Waals surface area contributed by atoms with Crippen LogP contribution < -0.4 is 10.6 Å². The summed E-state index contributed by atoms with van der Waals surface area (Å²) in [5, 5.41) is 14.3. The first-order valence-corrected chi connectivity index (χ1v) is 6.80. The Morgan fingerprint density at radius 1 is 1.05 bits per heavy atom. The maximum Gasteiger partial charge on any atom is 0.255 e. The second-order valence-corrected chi connectivity index (χ2v) is 4.86. The van der Waals surface area contributed by atoms with Crippen LogP contribution in [0.25, 0.3) is 0 Å². The molecule has 2 N–H and O–H groups in total. The van der Waals surface area contributed by atoms with E-state index in [-0.39, 0.29) is 12.3 Å². The molecular weight excluding hydrogens is 302 g/mol. The van der Waals surface area contributed by atoms with Gasteiger partial charge in [0, 0.05) is 22.0 Å². The van der Waals surface area contributed by atoms with E-state index in [1.807, 2.05) is 0 Å². The number of benzene rings is 2. The zero-order valence-electron chi connectivity index (χ0n) is 11.5. The van der Waals surface area contributed by atoms with E-state index >= 15 is 0 Å². The molecule has 22 heavy (non-hydrogen) atoms. The molecule has 0 atom stereocenters. The van der Waals surface area contributed by atoms with Crippen LogP contribution in [0.1, 0.15) is 16.8 Å². The van der Waals surface area contributed by atoms with Gasteiger partial charge in [-0.05, 0) is 42.5 Å². The van der Waals surface area contributed by atoms with E-state index in [0.29, 0.717) is 22.0 Å². The number of nitriles is 1. The van der Waals surface area contributed by atoms with Crippen molar-refractivity contribution in [2.75, 3.05) is 10.6 Å². The fourth-order valence-corrected chi connectivity index (χ4v) is 1.88. The van der Waals surface area contributed by atoms with E-state index in [4.69, 9.17) is 16.9 Å². The average Bonchev–Trinajstić information content (AvgIpc) is 2.48. The van der Waals surface area contributed by atoms with Crippen molar-refractivity contribution in [1.82, 2.24) is 0 Å². The molecule has 0 saturated heterocycles. The Balaban J connectivity index is 2.07. The number of carbonyl (C=O) groups excluding carboxylic acids is 2. The fourth-order valence-electron chi connectivity index (χ4n) is 1.76. The molecule has 2 amide bonds. The van der Waals surface area contributed by atoms with E-state index in [1.54, 1.807) is 54.6 Å². The number of hydrogen-bond donors (Lipinski definition) is 2. The number of nitrogens with one attached hydrogen (secondary N) is 2. The number of rotatable bonds is 4. The van der Waals surface area contributed by atoms with Gasteiger partial charge < -0.3 is 10.6 Å². The minimum Gasteiger partial charge on any atom is -0.325 e. The van der Waals surface area contributed by atoms with Crippen molar-refractivity contribution >= 4 is 34.8 Å². The lowest BCUT2D eigenvalue weighted by atomic mass is 10.2. The van der Waals surface area contributed by atoms with Crippen molar-refractivity contribution in [3.05, 3.63) is 59.1 Å². The molecule has 110 valence electrons. The summed E-state index contributed by atoms with van der Waals surface area (Å²) in [6.45, 7) is 0. The first-order valence-electron chi connectivity index (χ1n) is 6.42. The van der Waals surface area contributed by atoms with Crippen LogP contribution in [0.2, 0.25) is 5.02 Å². The van der Waals surface area contributed by atoms with Gasteiger partial charge in [-0.25, -0.2) is 0 Å². The van der Waals surface area contributed by atoms with E-state index in [1.165, 1.54) is 0 Å². The normalized spacial score (nSPS) is 9.64. The Hall–Kier alpha value is -2.84. The molecule has 2 rings (SSSR count). The molecule has 2 aromatic rings. The van der Waals surface area contributed by atoms with Crippen LogP contribution in [0.15, 0.2) is 48.5 Å². The summed E-state index contributed by atoms with van der Waals surface area (Å²) < 4.78 is 0. The lowest BCUT2D eigenvalue weighted by molar-refractivity contribution is -0.115. The van der Waals surface area contributed by atoms with Gasteiger partial charge in [-0.15, -0.1) is 0 Å². The van der Waals surface area contributed by atoms with E-state index in [2.05, 4.69) is 10.6 Å². The average molecular weight is 314 g/mol. The number of amides is 2. The third-order valence-corrected chi connectivity index (χ3v) is 3.00. The van der Waals surface area contributed by atoms with Crippen LogP contribution in [0.4, 0.5) is 11.4 Å². The molecule has 0 bridgehead atoms. The molecule has 0 unspecified atom stereocenters. The highest BCUT2D eigenvalue weighted by atomic mass is 35.5. The Kier molecular flexibility index (Phi) is 5.12. The predicted molar refractivity (Wildman–Crippen MR) is 84.7 cm³/mol. The van der Waals surface area contributed by atoms with Crippen LogP contribution >= 0.6 is 11.6 Å². The van der Waals surface area contributed by atoms with Crippen LogP contribution in [-0.2, 0) is 4.79 Å². The smallest absolute Gasteiger partial charge is 0.255 e. The highest BCUT2D eigenvalue weighted by Crippen LogP contribution is 2.17. The standard InChI is InChI=1S/C16H12ClN3O2/c17-12-6-4-11(5-7-12)16(22)20-14-3-1-2-13(10-14)19-15(21)8-9-18/h1-7,10H,8H2,(H,19,21)(H,20,22). The van der Waals surface area contributed by atoms with Crippen molar-refractivity contribution < 1.29 is 9.59 Å². The van der Waals surface area contributed by atoms with Gasteiger partial charge in [-0.3, -0.25) is 9.59 Å². The largest absolute Gasteiger partial charge is 0.325 e. The monoisotopic (exact) mass is 313 g/mol. The summed E-state index contributed by atoms with van der Waals surface area (Å²) in [6, 6.07) is 15.0. The molecule has 0 aliphatic rings. The summed E-state index contributed by atoms with van der Waals surface area (Å²) in [5.41, 5.74) is 1.52. The number of nitrogens with zero attached hydrogens (tertiary/aromatic N) is 1. The minimum absolute atomic E-state index is 0.221. The summed E-state index contributed by atoms with van der Waals surface area (Å²) in [4.78, 5) is 23.4. The molecule has 0 spiro atoms. The Bertz CT molecular complexity index is 736. The molecule has 5 nitrogen and oxygen atoms in total. The van der Waals surface area contributed by atoms with Gasteiger partial charge in [-0.1, -0.05) is 17.7 Å². The number of hydrogen-bond acceptors (Lipinski definition) is 3. The lowest BCUT2D eigenvalue weighted by Crippen LogP contribution is -2.13. The van der Waals surface area contributed by atoms with E-state index < -0.39 is 5.91 Å². The maximum atomic E-state index is 12.1. The number of anilines is 2. The SMILES string of the molecule is N#CCC(=O)Nc1cccc(NC(=O)c2ccc(Cl)cc2)c1. The van der Waals surface area contributed by atoms with E-state index in [9.17, 15) is 9.59 Å². The van der Waals surface area contributed by atoms with Crippen LogP contribution in [-0.4, -0.2) is 11.8 Å². The Morgan fingerprint density at radius 2 is 1.68 bits per heavy atom. The van der Waals surface area contributed by atoms with Crippen molar-refractivity contribution in [3.63, 3.8) is 0 Å². The molecule has 0 saturated carbocycles. The molecule has 0 fully saturated rings. The highest BCUT2D eigenvalue weighted by Gasteiger charge is 2.07. The van der Waals surface area contributed by atoms with Crippen molar-refractivity contribution in [2.24, 2.45) is 0 Å². The van der Waals surface area contributed by atoms with Crippen molar-refractivity contribution in [2.45, 2.75) is 6.42 Å². The maximum absolute atomic E-state index is 12.1. The first kappa shape index (κ1) is 15.5. The molecular formula is C16H12ClN3O2. The molecule has 0 heterocycles. The quantitative estimate of drug-likeness (QED) is 0.907. The van der Waals surface area contributed by atoms with Gasteiger partial charge in [-0.2, -0.15) is 5.26 Å². The van der Waals surface area contributed by atoms with Gasteiger partial charge >= 0.3 is 0 Å². The molecule has 0 aliphatic heterocycles. The van der Waals surface area contributed by atoms with Gasteiger partial charge in [0.2, 0.25) is 5.91 Å². The summed E-state index contributed by atoms with van der Waals surface area (Å²) in [5.74, 6) is -0.680. The second-order valence-electron chi connectivity index (χ2n) is 4.42. The Morgan fingerprint density at radius 3 is 2.32 bits per heavy atom. The third-order valence-electron chi connectivity index (χ3n) is 2.75. The van der Waals surface area contributed by atoms with Gasteiger partial charge in [0.1, 0.15) is 6.42 Å². The van der Waals surface area contributed by atoms with Crippen LogP contribution in [0, 0.1) is 11.3 Å². The first-order chi connectivity index (χ1) is 10.6. The lowest BCUT2D eigenvalue weighted by Gasteiger charge is -2.08. The summed E-state index contributed by atoms with van der Waals surface area (Å²) >= 11 is 5.78. The summed E-state index contributed by atoms with van der Waals surface area (Å²) in [7, 11) is 0. The minimum atomic E-state index is -0.399.